The van der Waals surface area contributed by atoms with Crippen LogP contribution in [-0.4, -0.2) is 15.3 Å². The molecular formula is C32H31N2O2P. The number of aromatic nitrogens is 2. The summed E-state index contributed by atoms with van der Waals surface area (Å²) in [5.74, 6) is 1.90. The first-order chi connectivity index (χ1) is 18.0. The van der Waals surface area contributed by atoms with Crippen molar-refractivity contribution in [1.82, 2.24) is 10.2 Å². The van der Waals surface area contributed by atoms with Gasteiger partial charge in [0.2, 0.25) is 0 Å². The third-order valence-electron chi connectivity index (χ3n) is 9.56. The van der Waals surface area contributed by atoms with Crippen molar-refractivity contribution in [2.45, 2.75) is 50.4 Å². The highest BCUT2D eigenvalue weighted by Crippen LogP contribution is 2.61. The van der Waals surface area contributed by atoms with E-state index in [0.29, 0.717) is 28.9 Å². The topological polar surface area (TPSA) is 63.1 Å². The fourth-order valence-electron chi connectivity index (χ4n) is 7.89. The van der Waals surface area contributed by atoms with Crippen molar-refractivity contribution in [2.75, 3.05) is 0 Å². The number of hydrogen-bond acceptors (Lipinski definition) is 4. The van der Waals surface area contributed by atoms with Crippen LogP contribution in [-0.2, 0) is 22.8 Å². The van der Waals surface area contributed by atoms with Crippen molar-refractivity contribution >= 4 is 23.2 Å². The molecular weight excluding hydrogens is 475 g/mol. The van der Waals surface area contributed by atoms with Crippen LogP contribution in [0, 0.1) is 11.8 Å². The molecule has 5 heteroatoms. The monoisotopic (exact) mass is 506 g/mol. The zero-order valence-electron chi connectivity index (χ0n) is 21.0. The molecule has 1 aromatic heterocycles. The van der Waals surface area contributed by atoms with Crippen LogP contribution >= 0.6 is 7.14 Å². The normalized spacial score (nSPS) is 26.0. The molecule has 0 unspecified atom stereocenters. The molecule has 0 spiro atoms. The number of rotatable bonds is 3. The number of phenolic OH excluding ortho intramolecular Hbond substituents is 1. The van der Waals surface area contributed by atoms with Gasteiger partial charge in [0, 0.05) is 10.6 Å². The van der Waals surface area contributed by atoms with Crippen molar-refractivity contribution in [3.63, 3.8) is 0 Å². The standard InChI is InChI=1S/C32H31N2O2P/c1-32-17-16-27-26-15-13-23(35)18-21(26)12-14-28(27)29(32)19-22-20-33-34-31(30(22)32)37(36,24-8-4-2-5-9-24)25-10-6-3-7-11-25/h2-11,13,15,18,20,27-29,35H,12,14,16-17,19H2,1H3/t27-,28-,29+,32+/m1/s1. The maximum atomic E-state index is 15.3. The lowest BCUT2D eigenvalue weighted by molar-refractivity contribution is 0.106. The molecule has 186 valence electrons. The predicted octanol–water partition coefficient (Wildman–Crippen LogP) is 5.39. The molecule has 3 aliphatic rings. The van der Waals surface area contributed by atoms with Gasteiger partial charge in [0.15, 0.2) is 7.14 Å². The van der Waals surface area contributed by atoms with Crippen molar-refractivity contribution in [3.05, 3.63) is 107 Å². The lowest BCUT2D eigenvalue weighted by Gasteiger charge is -2.49. The molecule has 3 aliphatic carbocycles. The average Bonchev–Trinajstić information content (AvgIpc) is 3.26. The summed E-state index contributed by atoms with van der Waals surface area (Å²) in [6.45, 7) is 2.40. The Morgan fingerprint density at radius 1 is 0.919 bits per heavy atom. The van der Waals surface area contributed by atoms with Crippen molar-refractivity contribution in [1.29, 1.82) is 0 Å². The Labute approximate surface area is 218 Å². The van der Waals surface area contributed by atoms with E-state index in [1.807, 2.05) is 79.0 Å². The van der Waals surface area contributed by atoms with Crippen LogP contribution in [0.5, 0.6) is 5.75 Å². The minimum Gasteiger partial charge on any atom is -0.508 e. The first-order valence-corrected chi connectivity index (χ1v) is 15.1. The molecule has 7 rings (SSSR count). The Morgan fingerprint density at radius 3 is 2.32 bits per heavy atom. The number of phenols is 1. The lowest BCUT2D eigenvalue weighted by Crippen LogP contribution is -2.45. The van der Waals surface area contributed by atoms with Crippen LogP contribution in [0.4, 0.5) is 0 Å². The number of fused-ring (bicyclic) bond motifs is 7. The molecule has 1 saturated carbocycles. The fraction of sp³-hybridized carbons (Fsp3) is 0.312. The minimum absolute atomic E-state index is 0.0879. The molecule has 1 N–H and O–H groups in total. The Balaban J connectivity index is 1.38. The lowest BCUT2D eigenvalue weighted by atomic mass is 9.55. The highest BCUT2D eigenvalue weighted by Gasteiger charge is 2.55. The molecule has 0 saturated heterocycles. The molecule has 0 radical (unpaired) electrons. The fourth-order valence-corrected chi connectivity index (χ4v) is 10.8. The Morgan fingerprint density at radius 2 is 1.62 bits per heavy atom. The Hall–Kier alpha value is -3.23. The van der Waals surface area contributed by atoms with Gasteiger partial charge < -0.3 is 9.67 Å². The SMILES string of the molecule is C[C@]12CC[C@@H]3c4ccc(O)cc4CC[C@H]3[C@@H]1Cc1cnnc(P(=O)(c3ccccc3)c3ccccc3)c12. The van der Waals surface area contributed by atoms with E-state index in [1.165, 1.54) is 22.3 Å². The Bertz CT molecular complexity index is 1490. The number of aryl methyl sites for hydroxylation is 1. The zero-order valence-corrected chi connectivity index (χ0v) is 21.9. The van der Waals surface area contributed by atoms with Gasteiger partial charge in [-0.3, -0.25) is 0 Å². The van der Waals surface area contributed by atoms with Crippen molar-refractivity contribution in [3.8, 4) is 5.75 Å². The molecule has 1 heterocycles. The van der Waals surface area contributed by atoms with E-state index in [9.17, 15) is 5.11 Å². The molecule has 4 nitrogen and oxygen atoms in total. The van der Waals surface area contributed by atoms with Crippen LogP contribution in [0.3, 0.4) is 0 Å². The van der Waals surface area contributed by atoms with Crippen LogP contribution in [0.1, 0.15) is 54.4 Å². The van der Waals surface area contributed by atoms with E-state index in [-0.39, 0.29) is 5.41 Å². The highest BCUT2D eigenvalue weighted by molar-refractivity contribution is 7.85. The zero-order chi connectivity index (χ0) is 25.2. The van der Waals surface area contributed by atoms with E-state index < -0.39 is 7.14 Å². The van der Waals surface area contributed by atoms with E-state index in [1.54, 1.807) is 0 Å². The van der Waals surface area contributed by atoms with Crippen LogP contribution in [0.2, 0.25) is 0 Å². The van der Waals surface area contributed by atoms with Crippen LogP contribution in [0.25, 0.3) is 0 Å². The van der Waals surface area contributed by atoms with Gasteiger partial charge in [0.25, 0.3) is 0 Å². The van der Waals surface area contributed by atoms with E-state index >= 15 is 4.57 Å². The number of hydrogen-bond donors (Lipinski definition) is 1. The maximum absolute atomic E-state index is 15.3. The summed E-state index contributed by atoms with van der Waals surface area (Å²) in [7, 11) is -3.22. The molecule has 0 amide bonds. The van der Waals surface area contributed by atoms with Crippen molar-refractivity contribution < 1.29 is 9.67 Å². The summed E-state index contributed by atoms with van der Waals surface area (Å²) >= 11 is 0. The van der Waals surface area contributed by atoms with Gasteiger partial charge in [-0.25, -0.2) is 0 Å². The third kappa shape index (κ3) is 3.31. The molecule has 0 aliphatic heterocycles. The predicted molar refractivity (Wildman–Crippen MR) is 148 cm³/mol. The largest absolute Gasteiger partial charge is 0.508 e. The maximum Gasteiger partial charge on any atom is 0.190 e. The van der Waals surface area contributed by atoms with Gasteiger partial charge in [0.1, 0.15) is 11.2 Å². The van der Waals surface area contributed by atoms with Gasteiger partial charge in [-0.2, -0.15) is 5.10 Å². The van der Waals surface area contributed by atoms with Gasteiger partial charge in [-0.1, -0.05) is 73.7 Å². The average molecular weight is 507 g/mol. The molecule has 37 heavy (non-hydrogen) atoms. The summed E-state index contributed by atoms with van der Waals surface area (Å²) in [6, 6.07) is 25.7. The van der Waals surface area contributed by atoms with Crippen LogP contribution < -0.4 is 16.0 Å². The van der Waals surface area contributed by atoms with E-state index in [0.717, 1.165) is 42.7 Å². The summed E-state index contributed by atoms with van der Waals surface area (Å²) in [4.78, 5) is 0. The Kier molecular flexibility index (Phi) is 5.20. The summed E-state index contributed by atoms with van der Waals surface area (Å²) in [5, 5.41) is 20.9. The number of nitrogens with zero attached hydrogens (tertiary/aromatic N) is 2. The molecule has 4 atom stereocenters. The molecule has 4 aromatic rings. The molecule has 0 bridgehead atoms. The highest BCUT2D eigenvalue weighted by atomic mass is 31.2. The summed E-state index contributed by atoms with van der Waals surface area (Å²) in [6.07, 6.45) is 7.16. The van der Waals surface area contributed by atoms with Gasteiger partial charge in [-0.15, -0.1) is 5.10 Å². The summed E-state index contributed by atoms with van der Waals surface area (Å²) in [5.41, 5.74) is 5.74. The van der Waals surface area contributed by atoms with Gasteiger partial charge in [0.05, 0.1) is 6.20 Å². The van der Waals surface area contributed by atoms with Gasteiger partial charge in [-0.05, 0) is 89.7 Å². The second-order valence-electron chi connectivity index (χ2n) is 11.3. The molecule has 3 aromatic carbocycles. The molecule has 1 fully saturated rings. The summed E-state index contributed by atoms with van der Waals surface area (Å²) < 4.78 is 15.3. The number of aromatic hydroxyl groups is 1. The minimum atomic E-state index is -3.22. The third-order valence-corrected chi connectivity index (χ3v) is 12.5. The first kappa shape index (κ1) is 22.9. The van der Waals surface area contributed by atoms with Crippen molar-refractivity contribution in [2.24, 2.45) is 11.8 Å². The van der Waals surface area contributed by atoms with E-state index in [2.05, 4.69) is 18.1 Å². The smallest absolute Gasteiger partial charge is 0.190 e. The second-order valence-corrected chi connectivity index (χ2v) is 14.0. The second kappa shape index (κ2) is 8.39. The van der Waals surface area contributed by atoms with Crippen LogP contribution in [0.15, 0.2) is 85.1 Å². The van der Waals surface area contributed by atoms with Gasteiger partial charge >= 0.3 is 0 Å². The first-order valence-electron chi connectivity index (χ1n) is 13.4. The van der Waals surface area contributed by atoms with E-state index in [4.69, 9.17) is 5.10 Å². The quantitative estimate of drug-likeness (QED) is 0.379. The number of benzene rings is 3.